The van der Waals surface area contributed by atoms with Crippen molar-refractivity contribution in [1.29, 1.82) is 0 Å². The fourth-order valence-corrected chi connectivity index (χ4v) is 2.68. The highest BCUT2D eigenvalue weighted by atomic mass is 35.5. The molecule has 2 aromatic carbocycles. The lowest BCUT2D eigenvalue weighted by Crippen LogP contribution is -2.18. The van der Waals surface area contributed by atoms with Crippen LogP contribution in [0.3, 0.4) is 0 Å². The van der Waals surface area contributed by atoms with Crippen molar-refractivity contribution < 1.29 is 0 Å². The average molecular weight is 288 g/mol. The van der Waals surface area contributed by atoms with Gasteiger partial charge in [-0.15, -0.1) is 0 Å². The van der Waals surface area contributed by atoms with Gasteiger partial charge < -0.3 is 5.32 Å². The van der Waals surface area contributed by atoms with E-state index in [0.29, 0.717) is 5.92 Å². The normalized spacial score (nSPS) is 12.7. The maximum Gasteiger partial charge on any atom is 0.0577 e. The summed E-state index contributed by atoms with van der Waals surface area (Å²) >= 11 is 6.14. The zero-order valence-electron chi connectivity index (χ0n) is 12.6. The molecular weight excluding hydrogens is 266 g/mol. The highest BCUT2D eigenvalue weighted by Gasteiger charge is 2.14. The quantitative estimate of drug-likeness (QED) is 0.827. The van der Waals surface area contributed by atoms with Crippen LogP contribution in [0.25, 0.3) is 0 Å². The molecule has 0 aromatic heterocycles. The fraction of sp³-hybridized carbons (Fsp3) is 0.333. The standard InChI is InChI=1S/C18H22ClN/c1-12(2)14-6-8-15(9-7-14)18(20-4)17-11-16(19)10-5-13(17)3/h5-12,18,20H,1-4H3. The van der Waals surface area contributed by atoms with E-state index in [1.807, 2.05) is 13.1 Å². The van der Waals surface area contributed by atoms with Crippen LogP contribution in [0, 0.1) is 6.92 Å². The lowest BCUT2D eigenvalue weighted by molar-refractivity contribution is 0.686. The number of hydrogen-bond donors (Lipinski definition) is 1. The molecule has 0 amide bonds. The van der Waals surface area contributed by atoms with E-state index in [0.717, 1.165) is 5.02 Å². The number of hydrogen-bond acceptors (Lipinski definition) is 1. The predicted octanol–water partition coefficient (Wildman–Crippen LogP) is 5.08. The van der Waals surface area contributed by atoms with Crippen LogP contribution in [0.1, 0.15) is 48.1 Å². The maximum atomic E-state index is 6.14. The molecule has 0 radical (unpaired) electrons. The lowest BCUT2D eigenvalue weighted by atomic mass is 9.93. The highest BCUT2D eigenvalue weighted by molar-refractivity contribution is 6.30. The van der Waals surface area contributed by atoms with Gasteiger partial charge in [0.1, 0.15) is 0 Å². The summed E-state index contributed by atoms with van der Waals surface area (Å²) in [5, 5.41) is 4.17. The van der Waals surface area contributed by atoms with Crippen LogP contribution in [0.4, 0.5) is 0 Å². The minimum absolute atomic E-state index is 0.176. The minimum atomic E-state index is 0.176. The second kappa shape index (κ2) is 6.43. The zero-order chi connectivity index (χ0) is 14.7. The number of rotatable bonds is 4. The van der Waals surface area contributed by atoms with E-state index in [1.165, 1.54) is 22.3 Å². The van der Waals surface area contributed by atoms with Gasteiger partial charge in [0.15, 0.2) is 0 Å². The van der Waals surface area contributed by atoms with Gasteiger partial charge >= 0.3 is 0 Å². The van der Waals surface area contributed by atoms with Crippen LogP contribution in [-0.2, 0) is 0 Å². The van der Waals surface area contributed by atoms with Gasteiger partial charge in [0.2, 0.25) is 0 Å². The first-order valence-electron chi connectivity index (χ1n) is 7.06. The van der Waals surface area contributed by atoms with Crippen LogP contribution in [0.15, 0.2) is 42.5 Å². The van der Waals surface area contributed by atoms with Gasteiger partial charge in [0.25, 0.3) is 0 Å². The Kier molecular flexibility index (Phi) is 4.85. The Hall–Kier alpha value is -1.31. The molecule has 0 aliphatic rings. The number of nitrogens with one attached hydrogen (secondary N) is 1. The van der Waals surface area contributed by atoms with Crippen LogP contribution < -0.4 is 5.32 Å². The Balaban J connectivity index is 2.39. The third-order valence-electron chi connectivity index (χ3n) is 3.78. The van der Waals surface area contributed by atoms with Crippen molar-refractivity contribution in [2.24, 2.45) is 0 Å². The predicted molar refractivity (Wildman–Crippen MR) is 87.6 cm³/mol. The number of benzene rings is 2. The molecule has 0 fully saturated rings. The first-order chi connectivity index (χ1) is 9.52. The van der Waals surface area contributed by atoms with E-state index in [1.54, 1.807) is 0 Å². The molecular formula is C18H22ClN. The lowest BCUT2D eigenvalue weighted by Gasteiger charge is -2.20. The first kappa shape index (κ1) is 15.1. The van der Waals surface area contributed by atoms with Gasteiger partial charge in [0.05, 0.1) is 6.04 Å². The second-order valence-electron chi connectivity index (χ2n) is 5.54. The van der Waals surface area contributed by atoms with Gasteiger partial charge in [-0.1, -0.05) is 55.8 Å². The Labute approximate surface area is 127 Å². The summed E-state index contributed by atoms with van der Waals surface area (Å²) in [5.41, 5.74) is 5.12. The molecule has 106 valence electrons. The molecule has 20 heavy (non-hydrogen) atoms. The number of aryl methyl sites for hydroxylation is 1. The van der Waals surface area contributed by atoms with Crippen molar-refractivity contribution in [3.05, 3.63) is 69.7 Å². The summed E-state index contributed by atoms with van der Waals surface area (Å²) in [6.45, 7) is 6.55. The van der Waals surface area contributed by atoms with E-state index in [9.17, 15) is 0 Å². The molecule has 0 aliphatic heterocycles. The van der Waals surface area contributed by atoms with Gasteiger partial charge in [-0.25, -0.2) is 0 Å². The molecule has 1 nitrogen and oxygen atoms in total. The molecule has 1 N–H and O–H groups in total. The zero-order valence-corrected chi connectivity index (χ0v) is 13.3. The molecule has 2 aromatic rings. The van der Waals surface area contributed by atoms with E-state index in [-0.39, 0.29) is 6.04 Å². The van der Waals surface area contributed by atoms with E-state index >= 15 is 0 Å². The van der Waals surface area contributed by atoms with Crippen molar-refractivity contribution in [2.45, 2.75) is 32.7 Å². The molecule has 0 bridgehead atoms. The molecule has 0 saturated carbocycles. The molecule has 2 heteroatoms. The molecule has 0 heterocycles. The van der Waals surface area contributed by atoms with Crippen molar-refractivity contribution in [3.8, 4) is 0 Å². The Morgan fingerprint density at radius 2 is 1.55 bits per heavy atom. The molecule has 2 rings (SSSR count). The van der Waals surface area contributed by atoms with Crippen molar-refractivity contribution >= 4 is 11.6 Å². The Morgan fingerprint density at radius 1 is 0.950 bits per heavy atom. The van der Waals surface area contributed by atoms with Gasteiger partial charge in [-0.3, -0.25) is 0 Å². The van der Waals surface area contributed by atoms with E-state index < -0.39 is 0 Å². The van der Waals surface area contributed by atoms with Crippen molar-refractivity contribution in [1.82, 2.24) is 5.32 Å². The largest absolute Gasteiger partial charge is 0.309 e. The molecule has 1 unspecified atom stereocenters. The first-order valence-corrected chi connectivity index (χ1v) is 7.44. The SMILES string of the molecule is CNC(c1ccc(C(C)C)cc1)c1cc(Cl)ccc1C. The molecule has 1 atom stereocenters. The minimum Gasteiger partial charge on any atom is -0.309 e. The summed E-state index contributed by atoms with van der Waals surface area (Å²) in [5.74, 6) is 0.560. The van der Waals surface area contributed by atoms with Crippen molar-refractivity contribution in [3.63, 3.8) is 0 Å². The summed E-state index contributed by atoms with van der Waals surface area (Å²) in [6, 6.07) is 15.1. The Bertz CT molecular complexity index is 572. The average Bonchev–Trinajstić information content (AvgIpc) is 2.44. The fourth-order valence-electron chi connectivity index (χ4n) is 2.50. The van der Waals surface area contributed by atoms with Crippen LogP contribution in [-0.4, -0.2) is 7.05 Å². The van der Waals surface area contributed by atoms with Crippen LogP contribution in [0.2, 0.25) is 5.02 Å². The van der Waals surface area contributed by atoms with E-state index in [4.69, 9.17) is 11.6 Å². The summed E-state index contributed by atoms with van der Waals surface area (Å²) in [4.78, 5) is 0. The van der Waals surface area contributed by atoms with Crippen LogP contribution in [0.5, 0.6) is 0 Å². The molecule has 0 spiro atoms. The number of halogens is 1. The summed E-state index contributed by atoms with van der Waals surface area (Å²) < 4.78 is 0. The topological polar surface area (TPSA) is 12.0 Å². The summed E-state index contributed by atoms with van der Waals surface area (Å²) in [6.07, 6.45) is 0. The Morgan fingerprint density at radius 3 is 2.10 bits per heavy atom. The molecule has 0 aliphatic carbocycles. The monoisotopic (exact) mass is 287 g/mol. The maximum absolute atomic E-state index is 6.14. The van der Waals surface area contributed by atoms with Gasteiger partial charge in [-0.2, -0.15) is 0 Å². The highest BCUT2D eigenvalue weighted by Crippen LogP contribution is 2.28. The summed E-state index contributed by atoms with van der Waals surface area (Å²) in [7, 11) is 1.99. The van der Waals surface area contributed by atoms with Gasteiger partial charge in [0, 0.05) is 5.02 Å². The van der Waals surface area contributed by atoms with Crippen molar-refractivity contribution in [2.75, 3.05) is 7.05 Å². The molecule has 0 saturated heterocycles. The van der Waals surface area contributed by atoms with Crippen LogP contribution >= 0.6 is 11.6 Å². The van der Waals surface area contributed by atoms with Gasteiger partial charge in [-0.05, 0) is 54.3 Å². The second-order valence-corrected chi connectivity index (χ2v) is 5.98. The third kappa shape index (κ3) is 3.23. The third-order valence-corrected chi connectivity index (χ3v) is 4.01. The van der Waals surface area contributed by atoms with E-state index in [2.05, 4.69) is 62.5 Å². The smallest absolute Gasteiger partial charge is 0.0577 e.